The number of hydrogen-bond acceptors (Lipinski definition) is 0. The summed E-state index contributed by atoms with van der Waals surface area (Å²) in [5.74, 6) is 0. The molecular formula is C4H4SeSi5. The molecule has 0 aromatic carbocycles. The van der Waals surface area contributed by atoms with E-state index in [9.17, 15) is 0 Å². The molecule has 0 atom stereocenters. The Hall–Kier alpha value is 1.60. The summed E-state index contributed by atoms with van der Waals surface area (Å²) in [5.41, 5.74) is 0. The van der Waals surface area contributed by atoms with E-state index >= 15 is 0 Å². The molecule has 0 spiro atoms. The van der Waals surface area contributed by atoms with E-state index in [4.69, 9.17) is 0 Å². The van der Waals surface area contributed by atoms with Gasteiger partial charge < -0.3 is 0 Å². The first-order valence-corrected chi connectivity index (χ1v) is 8.89. The van der Waals surface area contributed by atoms with Crippen molar-refractivity contribution in [3.63, 3.8) is 0 Å². The van der Waals surface area contributed by atoms with Gasteiger partial charge in [-0.05, 0) is 0 Å². The first-order valence-electron chi connectivity index (χ1n) is 2.91. The Morgan fingerprint density at radius 2 is 1.30 bits per heavy atom. The standard InChI is InChI=1S/C4H4SeSi5/c5-10-3(6,7)1-2-4(10,8)9/h1-2H2. The van der Waals surface area contributed by atoms with Gasteiger partial charge >= 0.3 is 84.2 Å². The monoisotopic (exact) mass is 272 g/mol. The Bertz CT molecular complexity index is 156. The van der Waals surface area contributed by atoms with Gasteiger partial charge in [-0.15, -0.1) is 0 Å². The van der Waals surface area contributed by atoms with Crippen LogP contribution in [0.2, 0.25) is 8.57 Å². The molecule has 0 nitrogen and oxygen atoms in total. The second-order valence-electron chi connectivity index (χ2n) is 2.64. The third-order valence-corrected chi connectivity index (χ3v) is 17.0. The van der Waals surface area contributed by atoms with Crippen LogP contribution in [0.3, 0.4) is 0 Å². The van der Waals surface area contributed by atoms with Gasteiger partial charge in [-0.25, -0.2) is 0 Å². The molecule has 0 aromatic rings. The van der Waals surface area contributed by atoms with Crippen molar-refractivity contribution in [1.82, 2.24) is 0 Å². The third kappa shape index (κ3) is 1.67. The molecule has 0 amide bonds. The van der Waals surface area contributed by atoms with Crippen LogP contribution in [0, 0.1) is 0 Å². The molecule has 0 unspecified atom stereocenters. The molecule has 1 aliphatic rings. The SMILES string of the molecule is [Si]C1([Si])CCC([Si])([Si])[Si]1=[Se]. The molecule has 1 aliphatic heterocycles. The Balaban J connectivity index is 2.88. The van der Waals surface area contributed by atoms with Crippen molar-refractivity contribution in [3.05, 3.63) is 0 Å². The molecule has 0 aromatic heterocycles. The Kier molecular flexibility index (Phi) is 2.74. The summed E-state index contributed by atoms with van der Waals surface area (Å²) >= 11 is 3.23. The summed E-state index contributed by atoms with van der Waals surface area (Å²) in [6, 6.07) is 0. The summed E-state index contributed by atoms with van der Waals surface area (Å²) in [4.78, 5) is 0. The summed E-state index contributed by atoms with van der Waals surface area (Å²) < 4.78 is 0.294. The fourth-order valence-corrected chi connectivity index (χ4v) is 8.24. The maximum atomic E-state index is 3.70. The molecule has 1 heterocycles. The Morgan fingerprint density at radius 1 is 1.00 bits per heavy atom. The van der Waals surface area contributed by atoms with Crippen molar-refractivity contribution in [3.8, 4) is 0 Å². The molecule has 12 radical (unpaired) electrons. The van der Waals surface area contributed by atoms with Gasteiger partial charge in [0.2, 0.25) is 0 Å². The first-order chi connectivity index (χ1) is 4.36. The maximum absolute atomic E-state index is 3.70. The van der Waals surface area contributed by atoms with Crippen molar-refractivity contribution in [1.29, 1.82) is 0 Å². The molecule has 1 rings (SSSR count). The van der Waals surface area contributed by atoms with Gasteiger partial charge in [-0.2, -0.15) is 0 Å². The van der Waals surface area contributed by atoms with Crippen LogP contribution in [0.15, 0.2) is 0 Å². The van der Waals surface area contributed by atoms with E-state index < -0.39 is 6.94 Å². The van der Waals surface area contributed by atoms with Crippen molar-refractivity contribution in [2.45, 2.75) is 21.4 Å². The van der Waals surface area contributed by atoms with Gasteiger partial charge in [0.15, 0.2) is 0 Å². The summed E-state index contributed by atoms with van der Waals surface area (Å²) in [5, 5.41) is 0. The van der Waals surface area contributed by atoms with E-state index in [0.717, 1.165) is 12.8 Å². The molecule has 0 aliphatic carbocycles. The van der Waals surface area contributed by atoms with Crippen LogP contribution in [0.25, 0.3) is 0 Å². The van der Waals surface area contributed by atoms with E-state index in [-0.39, 0.29) is 8.57 Å². The zero-order valence-electron chi connectivity index (χ0n) is 5.32. The Labute approximate surface area is 83.9 Å². The van der Waals surface area contributed by atoms with E-state index in [1.54, 1.807) is 0 Å². The van der Waals surface area contributed by atoms with Crippen molar-refractivity contribution in [2.75, 3.05) is 0 Å². The molecule has 6 heteroatoms. The molecule has 0 bridgehead atoms. The van der Waals surface area contributed by atoms with Gasteiger partial charge in [-0.1, -0.05) is 0 Å². The van der Waals surface area contributed by atoms with E-state index in [2.05, 4.69) is 55.9 Å². The van der Waals surface area contributed by atoms with Crippen LogP contribution < -0.4 is 0 Å². The number of hydrogen-bond donors (Lipinski definition) is 0. The average molecular weight is 271 g/mol. The van der Waals surface area contributed by atoms with E-state index in [0.29, 0.717) is 0 Å². The van der Waals surface area contributed by atoms with E-state index in [1.807, 2.05) is 0 Å². The fourth-order valence-electron chi connectivity index (χ4n) is 0.966. The number of rotatable bonds is 0. The predicted molar refractivity (Wildman–Crippen MR) is 49.1 cm³/mol. The summed E-state index contributed by atoms with van der Waals surface area (Å²) in [6.07, 6.45) is 2.30. The van der Waals surface area contributed by atoms with Crippen LogP contribution in [-0.2, 0) is 0 Å². The van der Waals surface area contributed by atoms with Gasteiger partial charge in [0.05, 0.1) is 0 Å². The summed E-state index contributed by atoms with van der Waals surface area (Å²) in [6.45, 7) is -0.580. The minimum atomic E-state index is -0.580. The van der Waals surface area contributed by atoms with Crippen LogP contribution in [0.1, 0.15) is 12.8 Å². The Morgan fingerprint density at radius 3 is 1.40 bits per heavy atom. The van der Waals surface area contributed by atoms with Crippen LogP contribution in [-0.4, -0.2) is 62.8 Å². The zero-order chi connectivity index (χ0) is 7.99. The van der Waals surface area contributed by atoms with E-state index in [1.165, 1.54) is 0 Å². The van der Waals surface area contributed by atoms with Crippen LogP contribution >= 0.6 is 0 Å². The first kappa shape index (κ1) is 9.69. The van der Waals surface area contributed by atoms with Gasteiger partial charge in [0.25, 0.3) is 0 Å². The van der Waals surface area contributed by atoms with Gasteiger partial charge in [-0.3, -0.25) is 0 Å². The molecular weight excluding hydrogens is 267 g/mol. The third-order valence-electron chi connectivity index (χ3n) is 1.65. The second kappa shape index (κ2) is 2.83. The van der Waals surface area contributed by atoms with Crippen LogP contribution in [0.5, 0.6) is 0 Å². The molecule has 1 fully saturated rings. The molecule has 0 N–H and O–H groups in total. The molecule has 0 saturated carbocycles. The zero-order valence-corrected chi connectivity index (χ0v) is 12.0. The van der Waals surface area contributed by atoms with Crippen LogP contribution in [0.4, 0.5) is 0 Å². The van der Waals surface area contributed by atoms with Crippen molar-refractivity contribution < 1.29 is 0 Å². The van der Waals surface area contributed by atoms with Gasteiger partial charge in [0, 0.05) is 0 Å². The fraction of sp³-hybridized carbons (Fsp3) is 1.00. The quantitative estimate of drug-likeness (QED) is 0.492. The minimum absolute atomic E-state index is 0.147. The molecule has 1 saturated heterocycles. The van der Waals surface area contributed by atoms with Crippen molar-refractivity contribution in [2.24, 2.45) is 0 Å². The van der Waals surface area contributed by atoms with Crippen molar-refractivity contribution >= 4 is 62.8 Å². The topological polar surface area (TPSA) is 0 Å². The molecule has 10 heavy (non-hydrogen) atoms. The average Bonchev–Trinajstić information content (AvgIpc) is 1.95. The predicted octanol–water partition coefficient (Wildman–Crippen LogP) is -1.08. The second-order valence-corrected chi connectivity index (χ2v) is 14.0. The molecule has 46 valence electrons. The summed E-state index contributed by atoms with van der Waals surface area (Å²) in [7, 11) is 14.8. The normalized spacial score (nSPS) is 29.0. The van der Waals surface area contributed by atoms with Gasteiger partial charge in [0.1, 0.15) is 0 Å².